The van der Waals surface area contributed by atoms with Crippen LogP contribution >= 0.6 is 0 Å². The normalized spacial score (nSPS) is 12.7. The molecule has 1 unspecified atom stereocenters. The minimum Gasteiger partial charge on any atom is -0.317 e. The molecular weight excluding hydrogens is 202 g/mol. The van der Waals surface area contributed by atoms with Gasteiger partial charge in [-0.3, -0.25) is 4.79 Å². The first-order chi connectivity index (χ1) is 7.63. The number of aryl methyl sites for hydroxylation is 2. The molecule has 1 rings (SSSR count). The van der Waals surface area contributed by atoms with Gasteiger partial charge in [0.25, 0.3) is 5.56 Å². The standard InChI is InChI=1S/C12H21N3O/c1-10(13-3)6-4-5-9-15-12(16)8-7-11(2)14-15/h7-8,10,13H,4-6,9H2,1-3H3. The average molecular weight is 223 g/mol. The number of rotatable bonds is 6. The molecule has 1 aromatic heterocycles. The van der Waals surface area contributed by atoms with Crippen molar-refractivity contribution in [2.45, 2.75) is 45.7 Å². The van der Waals surface area contributed by atoms with Crippen LogP contribution in [0, 0.1) is 6.92 Å². The maximum atomic E-state index is 11.4. The van der Waals surface area contributed by atoms with Gasteiger partial charge in [0, 0.05) is 18.7 Å². The van der Waals surface area contributed by atoms with Gasteiger partial charge in [-0.2, -0.15) is 5.10 Å². The molecule has 1 atom stereocenters. The van der Waals surface area contributed by atoms with Gasteiger partial charge in [0.2, 0.25) is 0 Å². The van der Waals surface area contributed by atoms with Crippen molar-refractivity contribution in [3.05, 3.63) is 28.2 Å². The van der Waals surface area contributed by atoms with Crippen LogP contribution in [0.1, 0.15) is 31.9 Å². The van der Waals surface area contributed by atoms with E-state index in [4.69, 9.17) is 0 Å². The molecule has 1 heterocycles. The maximum absolute atomic E-state index is 11.4. The van der Waals surface area contributed by atoms with Crippen molar-refractivity contribution >= 4 is 0 Å². The van der Waals surface area contributed by atoms with E-state index in [9.17, 15) is 4.79 Å². The van der Waals surface area contributed by atoms with Crippen LogP contribution in [0.5, 0.6) is 0 Å². The second-order valence-corrected chi connectivity index (χ2v) is 4.22. The molecule has 0 amide bonds. The molecular formula is C12H21N3O. The van der Waals surface area contributed by atoms with Crippen LogP contribution in [0.15, 0.2) is 16.9 Å². The van der Waals surface area contributed by atoms with Gasteiger partial charge >= 0.3 is 0 Å². The molecule has 1 aromatic rings. The van der Waals surface area contributed by atoms with E-state index in [-0.39, 0.29) is 5.56 Å². The molecule has 0 aromatic carbocycles. The van der Waals surface area contributed by atoms with Crippen molar-refractivity contribution in [3.8, 4) is 0 Å². The predicted molar refractivity (Wildman–Crippen MR) is 65.6 cm³/mol. The number of unbranched alkanes of at least 4 members (excludes halogenated alkanes) is 1. The van der Waals surface area contributed by atoms with Crippen LogP contribution < -0.4 is 10.9 Å². The molecule has 0 aliphatic carbocycles. The number of nitrogens with one attached hydrogen (secondary N) is 1. The van der Waals surface area contributed by atoms with Crippen molar-refractivity contribution in [2.75, 3.05) is 7.05 Å². The zero-order valence-electron chi connectivity index (χ0n) is 10.4. The molecule has 0 saturated carbocycles. The summed E-state index contributed by atoms with van der Waals surface area (Å²) in [6.45, 7) is 4.78. The van der Waals surface area contributed by atoms with Gasteiger partial charge in [-0.05, 0) is 39.8 Å². The highest BCUT2D eigenvalue weighted by atomic mass is 16.1. The lowest BCUT2D eigenvalue weighted by Crippen LogP contribution is -2.23. The van der Waals surface area contributed by atoms with E-state index < -0.39 is 0 Å². The van der Waals surface area contributed by atoms with Gasteiger partial charge in [-0.15, -0.1) is 0 Å². The highest BCUT2D eigenvalue weighted by Gasteiger charge is 2.00. The SMILES string of the molecule is CNC(C)CCCCn1nc(C)ccc1=O. The van der Waals surface area contributed by atoms with Gasteiger partial charge < -0.3 is 5.32 Å². The monoisotopic (exact) mass is 223 g/mol. The van der Waals surface area contributed by atoms with Crippen LogP contribution in [0.3, 0.4) is 0 Å². The summed E-state index contributed by atoms with van der Waals surface area (Å²) in [6.07, 6.45) is 3.25. The number of aromatic nitrogens is 2. The summed E-state index contributed by atoms with van der Waals surface area (Å²) in [7, 11) is 1.97. The predicted octanol–water partition coefficient (Wildman–Crippen LogP) is 1.33. The summed E-state index contributed by atoms with van der Waals surface area (Å²) in [6, 6.07) is 3.88. The number of nitrogens with zero attached hydrogens (tertiary/aromatic N) is 2. The molecule has 0 saturated heterocycles. The van der Waals surface area contributed by atoms with Gasteiger partial charge in [0.05, 0.1) is 5.69 Å². The lowest BCUT2D eigenvalue weighted by atomic mass is 10.1. The average Bonchev–Trinajstić information content (AvgIpc) is 2.28. The summed E-state index contributed by atoms with van der Waals surface area (Å²) in [4.78, 5) is 11.4. The van der Waals surface area contributed by atoms with Gasteiger partial charge in [0.1, 0.15) is 0 Å². The fraction of sp³-hybridized carbons (Fsp3) is 0.667. The molecule has 4 nitrogen and oxygen atoms in total. The first kappa shape index (κ1) is 12.9. The van der Waals surface area contributed by atoms with Crippen LogP contribution in [0.4, 0.5) is 0 Å². The Labute approximate surface area is 96.7 Å². The topological polar surface area (TPSA) is 46.9 Å². The molecule has 0 spiro atoms. The van der Waals surface area contributed by atoms with Crippen molar-refractivity contribution in [1.29, 1.82) is 0 Å². The Hall–Kier alpha value is -1.16. The third kappa shape index (κ3) is 4.14. The number of hydrogen-bond donors (Lipinski definition) is 1. The fourth-order valence-corrected chi connectivity index (χ4v) is 1.57. The Morgan fingerprint density at radius 3 is 2.88 bits per heavy atom. The smallest absolute Gasteiger partial charge is 0.266 e. The Morgan fingerprint density at radius 2 is 2.19 bits per heavy atom. The van der Waals surface area contributed by atoms with Crippen molar-refractivity contribution in [1.82, 2.24) is 15.1 Å². The molecule has 4 heteroatoms. The van der Waals surface area contributed by atoms with E-state index in [0.29, 0.717) is 6.04 Å². The summed E-state index contributed by atoms with van der Waals surface area (Å²) in [5.74, 6) is 0. The van der Waals surface area contributed by atoms with Gasteiger partial charge in [0.15, 0.2) is 0 Å². The third-order valence-corrected chi connectivity index (χ3v) is 2.75. The molecule has 0 radical (unpaired) electrons. The van der Waals surface area contributed by atoms with Crippen molar-refractivity contribution < 1.29 is 0 Å². The summed E-state index contributed by atoms with van der Waals surface area (Å²) in [5, 5.41) is 7.40. The Morgan fingerprint density at radius 1 is 1.44 bits per heavy atom. The lowest BCUT2D eigenvalue weighted by Gasteiger charge is -2.09. The minimum absolute atomic E-state index is 0.00716. The molecule has 1 N–H and O–H groups in total. The fourth-order valence-electron chi connectivity index (χ4n) is 1.57. The number of hydrogen-bond acceptors (Lipinski definition) is 3. The molecule has 0 aliphatic heterocycles. The lowest BCUT2D eigenvalue weighted by molar-refractivity contribution is 0.477. The van der Waals surface area contributed by atoms with Crippen LogP contribution in [0.25, 0.3) is 0 Å². The summed E-state index contributed by atoms with van der Waals surface area (Å²) in [5.41, 5.74) is 0.885. The highest BCUT2D eigenvalue weighted by molar-refractivity contribution is 4.96. The molecule has 90 valence electrons. The summed E-state index contributed by atoms with van der Waals surface area (Å²) < 4.78 is 1.55. The molecule has 0 bridgehead atoms. The Kier molecular flexibility index (Phi) is 5.19. The zero-order valence-corrected chi connectivity index (χ0v) is 10.4. The summed E-state index contributed by atoms with van der Waals surface area (Å²) >= 11 is 0. The van der Waals surface area contributed by atoms with E-state index in [1.807, 2.05) is 14.0 Å². The first-order valence-corrected chi connectivity index (χ1v) is 5.85. The zero-order chi connectivity index (χ0) is 12.0. The van der Waals surface area contributed by atoms with E-state index in [1.54, 1.807) is 16.8 Å². The maximum Gasteiger partial charge on any atom is 0.266 e. The Bertz CT molecular complexity index is 373. The van der Waals surface area contributed by atoms with E-state index in [0.717, 1.165) is 31.5 Å². The van der Waals surface area contributed by atoms with Crippen molar-refractivity contribution in [3.63, 3.8) is 0 Å². The van der Waals surface area contributed by atoms with Gasteiger partial charge in [-0.1, -0.05) is 6.42 Å². The molecule has 0 aliphatic rings. The molecule has 16 heavy (non-hydrogen) atoms. The Balaban J connectivity index is 2.37. The minimum atomic E-state index is -0.00716. The third-order valence-electron chi connectivity index (χ3n) is 2.75. The van der Waals surface area contributed by atoms with Crippen LogP contribution in [-0.2, 0) is 6.54 Å². The van der Waals surface area contributed by atoms with E-state index >= 15 is 0 Å². The largest absolute Gasteiger partial charge is 0.317 e. The first-order valence-electron chi connectivity index (χ1n) is 5.85. The van der Waals surface area contributed by atoms with Crippen LogP contribution in [-0.4, -0.2) is 22.9 Å². The second-order valence-electron chi connectivity index (χ2n) is 4.22. The second kappa shape index (κ2) is 6.43. The van der Waals surface area contributed by atoms with E-state index in [1.165, 1.54) is 0 Å². The van der Waals surface area contributed by atoms with Gasteiger partial charge in [-0.25, -0.2) is 4.68 Å². The van der Waals surface area contributed by atoms with Crippen LogP contribution in [0.2, 0.25) is 0 Å². The quantitative estimate of drug-likeness (QED) is 0.740. The molecule has 0 fully saturated rings. The van der Waals surface area contributed by atoms with Crippen molar-refractivity contribution in [2.24, 2.45) is 0 Å². The van der Waals surface area contributed by atoms with E-state index in [2.05, 4.69) is 17.3 Å². The highest BCUT2D eigenvalue weighted by Crippen LogP contribution is 2.01.